The second-order valence-corrected chi connectivity index (χ2v) is 12.6. The summed E-state index contributed by atoms with van der Waals surface area (Å²) < 4.78 is 42.3. The van der Waals surface area contributed by atoms with Crippen molar-refractivity contribution in [2.75, 3.05) is 10.8 Å². The van der Waals surface area contributed by atoms with E-state index >= 15 is 0 Å². The van der Waals surface area contributed by atoms with E-state index in [1.165, 1.54) is 23.1 Å². The maximum Gasteiger partial charge on any atom is 0.264 e. The molecule has 0 aliphatic heterocycles. The van der Waals surface area contributed by atoms with Gasteiger partial charge in [0.05, 0.1) is 15.6 Å². The standard InChI is InChI=1S/C29H33ClFN3O4S/c1-20-11-13-22(14-12-20)18-33(21(2)28(36)32-29(3,4)5)27(35)19-34(23-15-16-26(31)25(30)17-23)39(37,38)24-9-7-6-8-10-24/h6-17,21H,18-19H2,1-5H3,(H,32,36). The van der Waals surface area contributed by atoms with Crippen LogP contribution in [0.5, 0.6) is 0 Å². The summed E-state index contributed by atoms with van der Waals surface area (Å²) in [5, 5.41) is 2.59. The summed E-state index contributed by atoms with van der Waals surface area (Å²) in [5.74, 6) is -1.73. The molecule has 0 heterocycles. The number of benzene rings is 3. The molecule has 1 atom stereocenters. The van der Waals surface area contributed by atoms with Crippen molar-refractivity contribution in [2.24, 2.45) is 0 Å². The van der Waals surface area contributed by atoms with Crippen molar-refractivity contribution in [3.63, 3.8) is 0 Å². The van der Waals surface area contributed by atoms with E-state index < -0.39 is 39.9 Å². The molecule has 0 aliphatic rings. The Bertz CT molecular complexity index is 1430. The fraction of sp³-hybridized carbons (Fsp3) is 0.310. The summed E-state index contributed by atoms with van der Waals surface area (Å²) in [6.07, 6.45) is 0. The smallest absolute Gasteiger partial charge is 0.264 e. The minimum atomic E-state index is -4.26. The number of anilines is 1. The van der Waals surface area contributed by atoms with Crippen LogP contribution in [0.15, 0.2) is 77.7 Å². The molecule has 0 radical (unpaired) electrons. The molecule has 10 heteroatoms. The highest BCUT2D eigenvalue weighted by Crippen LogP contribution is 2.28. The molecule has 1 N–H and O–H groups in total. The Labute approximate surface area is 234 Å². The van der Waals surface area contributed by atoms with Gasteiger partial charge in [-0.2, -0.15) is 0 Å². The average molecular weight is 574 g/mol. The highest BCUT2D eigenvalue weighted by molar-refractivity contribution is 7.92. The zero-order valence-corrected chi connectivity index (χ0v) is 24.2. The third-order valence-electron chi connectivity index (χ3n) is 5.94. The second kappa shape index (κ2) is 12.2. The van der Waals surface area contributed by atoms with Crippen LogP contribution in [0.2, 0.25) is 5.02 Å². The summed E-state index contributed by atoms with van der Waals surface area (Å²) >= 11 is 5.98. The molecular formula is C29H33ClFN3O4S. The van der Waals surface area contributed by atoms with Crippen LogP contribution in [0.25, 0.3) is 0 Å². The van der Waals surface area contributed by atoms with Gasteiger partial charge >= 0.3 is 0 Å². The van der Waals surface area contributed by atoms with Gasteiger partial charge in [0.15, 0.2) is 0 Å². The topological polar surface area (TPSA) is 86.8 Å². The van der Waals surface area contributed by atoms with E-state index in [4.69, 9.17) is 11.6 Å². The van der Waals surface area contributed by atoms with Gasteiger partial charge in [0.2, 0.25) is 11.8 Å². The number of carbonyl (C=O) groups is 2. The average Bonchev–Trinajstić information content (AvgIpc) is 2.87. The maximum atomic E-state index is 14.0. The molecule has 1 unspecified atom stereocenters. The van der Waals surface area contributed by atoms with Crippen LogP contribution in [0, 0.1) is 12.7 Å². The van der Waals surface area contributed by atoms with Crippen LogP contribution >= 0.6 is 11.6 Å². The van der Waals surface area contributed by atoms with Gasteiger partial charge in [-0.05, 0) is 70.5 Å². The summed E-state index contributed by atoms with van der Waals surface area (Å²) in [5.41, 5.74) is 1.27. The van der Waals surface area contributed by atoms with E-state index in [0.29, 0.717) is 0 Å². The molecule has 0 aliphatic carbocycles. The molecule has 0 bridgehead atoms. The quantitative estimate of drug-likeness (QED) is 0.376. The molecule has 208 valence electrons. The molecule has 0 fully saturated rings. The Morgan fingerprint density at radius 3 is 2.18 bits per heavy atom. The molecule has 2 amide bonds. The highest BCUT2D eigenvalue weighted by atomic mass is 35.5. The van der Waals surface area contributed by atoms with Gasteiger partial charge in [0.1, 0.15) is 18.4 Å². The Morgan fingerprint density at radius 2 is 1.62 bits per heavy atom. The van der Waals surface area contributed by atoms with Crippen molar-refractivity contribution in [2.45, 2.75) is 57.6 Å². The molecule has 3 aromatic rings. The Hall–Kier alpha value is -3.43. The molecule has 39 heavy (non-hydrogen) atoms. The van der Waals surface area contributed by atoms with E-state index in [-0.39, 0.29) is 28.1 Å². The minimum Gasteiger partial charge on any atom is -0.350 e. The van der Waals surface area contributed by atoms with E-state index in [1.807, 2.05) is 52.0 Å². The van der Waals surface area contributed by atoms with E-state index in [2.05, 4.69) is 5.32 Å². The van der Waals surface area contributed by atoms with Crippen LogP contribution in [0.3, 0.4) is 0 Å². The Morgan fingerprint density at radius 1 is 1.00 bits per heavy atom. The first-order valence-electron chi connectivity index (χ1n) is 12.4. The number of hydrogen-bond acceptors (Lipinski definition) is 4. The number of rotatable bonds is 9. The lowest BCUT2D eigenvalue weighted by Gasteiger charge is -2.33. The lowest BCUT2D eigenvalue weighted by Crippen LogP contribution is -2.54. The molecule has 7 nitrogen and oxygen atoms in total. The maximum absolute atomic E-state index is 14.0. The number of nitrogens with one attached hydrogen (secondary N) is 1. The third-order valence-corrected chi connectivity index (χ3v) is 8.02. The fourth-order valence-corrected chi connectivity index (χ4v) is 5.44. The summed E-state index contributed by atoms with van der Waals surface area (Å²) in [6.45, 7) is 8.45. The number of carbonyl (C=O) groups excluding carboxylic acids is 2. The molecule has 0 aromatic heterocycles. The van der Waals surface area contributed by atoms with Crippen molar-refractivity contribution in [3.05, 3.63) is 94.8 Å². The van der Waals surface area contributed by atoms with Crippen molar-refractivity contribution in [3.8, 4) is 0 Å². The molecule has 0 saturated carbocycles. The summed E-state index contributed by atoms with van der Waals surface area (Å²) in [7, 11) is -4.26. The van der Waals surface area contributed by atoms with Crippen molar-refractivity contribution < 1.29 is 22.4 Å². The first-order chi connectivity index (χ1) is 18.2. The summed E-state index contributed by atoms with van der Waals surface area (Å²) in [4.78, 5) is 28.3. The van der Waals surface area contributed by atoms with E-state index in [0.717, 1.165) is 27.6 Å². The molecular weight excluding hydrogens is 541 g/mol. The van der Waals surface area contributed by atoms with Gasteiger partial charge < -0.3 is 10.2 Å². The second-order valence-electron chi connectivity index (χ2n) is 10.3. The van der Waals surface area contributed by atoms with Crippen LogP contribution in [0.4, 0.5) is 10.1 Å². The van der Waals surface area contributed by atoms with Crippen LogP contribution in [0.1, 0.15) is 38.8 Å². The van der Waals surface area contributed by atoms with Gasteiger partial charge in [-0.3, -0.25) is 13.9 Å². The van der Waals surface area contributed by atoms with Crippen LogP contribution < -0.4 is 9.62 Å². The van der Waals surface area contributed by atoms with Crippen LogP contribution in [-0.4, -0.2) is 43.3 Å². The molecule has 3 aromatic carbocycles. The SMILES string of the molecule is Cc1ccc(CN(C(=O)CN(c2ccc(F)c(Cl)c2)S(=O)(=O)c2ccccc2)C(C)C(=O)NC(C)(C)C)cc1. The number of sulfonamides is 1. The minimum absolute atomic E-state index is 0.0145. The first-order valence-corrected chi connectivity index (χ1v) is 14.2. The summed E-state index contributed by atoms with van der Waals surface area (Å²) in [6, 6.07) is 17.6. The highest BCUT2D eigenvalue weighted by Gasteiger charge is 2.33. The normalized spacial score (nSPS) is 12.5. The number of nitrogens with zero attached hydrogens (tertiary/aromatic N) is 2. The van der Waals surface area contributed by atoms with Gasteiger partial charge in [0.25, 0.3) is 10.0 Å². The largest absolute Gasteiger partial charge is 0.350 e. The van der Waals surface area contributed by atoms with Gasteiger partial charge in [-0.1, -0.05) is 59.6 Å². The van der Waals surface area contributed by atoms with Gasteiger partial charge in [-0.15, -0.1) is 0 Å². The van der Waals surface area contributed by atoms with E-state index in [9.17, 15) is 22.4 Å². The number of aryl methyl sites for hydroxylation is 1. The number of hydrogen-bond donors (Lipinski definition) is 1. The molecule has 0 spiro atoms. The first kappa shape index (κ1) is 30.1. The predicted molar refractivity (Wildman–Crippen MR) is 151 cm³/mol. The zero-order chi connectivity index (χ0) is 29.0. The van der Waals surface area contributed by atoms with E-state index in [1.54, 1.807) is 25.1 Å². The van der Waals surface area contributed by atoms with Crippen molar-refractivity contribution in [1.29, 1.82) is 0 Å². The fourth-order valence-electron chi connectivity index (χ4n) is 3.84. The third kappa shape index (κ3) is 7.80. The predicted octanol–water partition coefficient (Wildman–Crippen LogP) is 5.31. The van der Waals surface area contributed by atoms with Crippen molar-refractivity contribution >= 4 is 39.1 Å². The molecule has 0 saturated heterocycles. The van der Waals surface area contributed by atoms with Gasteiger partial charge in [0, 0.05) is 12.1 Å². The number of halogens is 2. The number of amides is 2. The van der Waals surface area contributed by atoms with Crippen LogP contribution in [-0.2, 0) is 26.2 Å². The lowest BCUT2D eigenvalue weighted by molar-refractivity contribution is -0.140. The Balaban J connectivity index is 2.04. The zero-order valence-electron chi connectivity index (χ0n) is 22.6. The van der Waals surface area contributed by atoms with Gasteiger partial charge in [-0.25, -0.2) is 12.8 Å². The Kier molecular flexibility index (Phi) is 9.40. The monoisotopic (exact) mass is 573 g/mol. The molecule has 3 rings (SSSR count). The lowest BCUT2D eigenvalue weighted by atomic mass is 10.1. The van der Waals surface area contributed by atoms with Crippen molar-refractivity contribution in [1.82, 2.24) is 10.2 Å².